The number of amides is 1. The van der Waals surface area contributed by atoms with Gasteiger partial charge < -0.3 is 10.0 Å². The summed E-state index contributed by atoms with van der Waals surface area (Å²) in [6.45, 7) is 6.70. The van der Waals surface area contributed by atoms with Crippen LogP contribution in [0, 0.1) is 5.92 Å². The van der Waals surface area contributed by atoms with Crippen molar-refractivity contribution in [2.24, 2.45) is 5.92 Å². The molecular weight excluding hydrogens is 348 g/mol. The minimum absolute atomic E-state index is 0.176. The molecule has 1 saturated heterocycles. The van der Waals surface area contributed by atoms with Crippen molar-refractivity contribution in [3.8, 4) is 10.6 Å². The number of carboxylic acid groups (broad SMARTS) is 1. The molecular formula is C20H24N2O3S. The van der Waals surface area contributed by atoms with E-state index in [0.29, 0.717) is 31.0 Å². The second-order valence-electron chi connectivity index (χ2n) is 7.14. The highest BCUT2D eigenvalue weighted by atomic mass is 32.1. The zero-order chi connectivity index (χ0) is 18.8. The maximum absolute atomic E-state index is 12.8. The van der Waals surface area contributed by atoms with Gasteiger partial charge >= 0.3 is 5.97 Å². The molecule has 6 heteroatoms. The van der Waals surface area contributed by atoms with Gasteiger partial charge in [-0.15, -0.1) is 11.3 Å². The van der Waals surface area contributed by atoms with Gasteiger partial charge in [0.25, 0.3) is 5.91 Å². The first-order valence-corrected chi connectivity index (χ1v) is 9.86. The van der Waals surface area contributed by atoms with Crippen LogP contribution in [0.5, 0.6) is 0 Å². The number of piperidine rings is 1. The van der Waals surface area contributed by atoms with E-state index in [4.69, 9.17) is 0 Å². The van der Waals surface area contributed by atoms with E-state index in [9.17, 15) is 14.7 Å². The van der Waals surface area contributed by atoms with Gasteiger partial charge in [-0.25, -0.2) is 4.98 Å². The lowest BCUT2D eigenvalue weighted by Crippen LogP contribution is -2.49. The molecule has 1 amide bonds. The normalized spacial score (nSPS) is 20.4. The molecule has 0 saturated carbocycles. The van der Waals surface area contributed by atoms with Crippen LogP contribution in [0.3, 0.4) is 0 Å². The first kappa shape index (κ1) is 18.6. The maximum atomic E-state index is 12.8. The third kappa shape index (κ3) is 3.65. The first-order chi connectivity index (χ1) is 12.4. The van der Waals surface area contributed by atoms with Gasteiger partial charge in [0.2, 0.25) is 0 Å². The fraction of sp³-hybridized carbons (Fsp3) is 0.450. The Kier molecular flexibility index (Phi) is 5.41. The summed E-state index contributed by atoms with van der Waals surface area (Å²) in [4.78, 5) is 30.4. The molecule has 1 aromatic heterocycles. The van der Waals surface area contributed by atoms with Gasteiger partial charge in [-0.2, -0.15) is 0 Å². The third-order valence-corrected chi connectivity index (χ3v) is 6.01. The second kappa shape index (κ2) is 7.58. The molecule has 26 heavy (non-hydrogen) atoms. The fourth-order valence-corrected chi connectivity index (χ4v) is 4.22. The predicted molar refractivity (Wildman–Crippen MR) is 102 cm³/mol. The van der Waals surface area contributed by atoms with Crippen LogP contribution in [-0.2, 0) is 4.79 Å². The average Bonchev–Trinajstić information content (AvgIpc) is 3.11. The number of nitrogens with zero attached hydrogens (tertiary/aromatic N) is 2. The van der Waals surface area contributed by atoms with Crippen LogP contribution in [0.1, 0.15) is 55.6 Å². The van der Waals surface area contributed by atoms with Crippen LogP contribution in [0.4, 0.5) is 0 Å². The number of rotatable bonds is 4. The number of aromatic nitrogens is 1. The van der Waals surface area contributed by atoms with Crippen LogP contribution < -0.4 is 0 Å². The minimum Gasteiger partial charge on any atom is -0.481 e. The molecule has 0 spiro atoms. The van der Waals surface area contributed by atoms with Crippen molar-refractivity contribution in [3.63, 3.8) is 0 Å². The van der Waals surface area contributed by atoms with Crippen molar-refractivity contribution in [1.29, 1.82) is 0 Å². The van der Waals surface area contributed by atoms with E-state index < -0.39 is 11.9 Å². The quantitative estimate of drug-likeness (QED) is 0.870. The molecule has 1 aliphatic heterocycles. The molecule has 0 radical (unpaired) electrons. The lowest BCUT2D eigenvalue weighted by atomic mass is 9.90. The van der Waals surface area contributed by atoms with Crippen LogP contribution in [-0.4, -0.2) is 39.5 Å². The van der Waals surface area contributed by atoms with Gasteiger partial charge in [-0.05, 0) is 31.2 Å². The monoisotopic (exact) mass is 372 g/mol. The highest BCUT2D eigenvalue weighted by Gasteiger charge is 2.36. The van der Waals surface area contributed by atoms with Crippen molar-refractivity contribution < 1.29 is 14.7 Å². The summed E-state index contributed by atoms with van der Waals surface area (Å²) in [6, 6.07) is 7.93. The number of hydrogen-bond donors (Lipinski definition) is 1. The predicted octanol–water partition coefficient (Wildman–Crippen LogP) is 4.26. The zero-order valence-corrected chi connectivity index (χ0v) is 16.1. The highest BCUT2D eigenvalue weighted by molar-refractivity contribution is 7.13. The highest BCUT2D eigenvalue weighted by Crippen LogP contribution is 2.29. The summed E-state index contributed by atoms with van der Waals surface area (Å²) in [6.07, 6.45) is 1.32. The Hall–Kier alpha value is -2.21. The van der Waals surface area contributed by atoms with Crippen LogP contribution in [0.25, 0.3) is 10.6 Å². The van der Waals surface area contributed by atoms with E-state index >= 15 is 0 Å². The van der Waals surface area contributed by atoms with Crippen molar-refractivity contribution in [2.45, 2.75) is 45.6 Å². The second-order valence-corrected chi connectivity index (χ2v) is 8.00. The number of thiazole rings is 1. The summed E-state index contributed by atoms with van der Waals surface area (Å²) < 4.78 is 0. The van der Waals surface area contributed by atoms with Crippen LogP contribution in [0.2, 0.25) is 0 Å². The number of aliphatic carboxylic acids is 1. The number of carbonyl (C=O) groups is 2. The molecule has 0 aliphatic carbocycles. The summed E-state index contributed by atoms with van der Waals surface area (Å²) in [5.41, 5.74) is 2.66. The van der Waals surface area contributed by atoms with E-state index in [1.807, 2.05) is 19.1 Å². The van der Waals surface area contributed by atoms with Crippen molar-refractivity contribution in [3.05, 3.63) is 40.9 Å². The van der Waals surface area contributed by atoms with Crippen molar-refractivity contribution >= 4 is 23.2 Å². The topological polar surface area (TPSA) is 70.5 Å². The average molecular weight is 372 g/mol. The molecule has 0 bridgehead atoms. The van der Waals surface area contributed by atoms with Gasteiger partial charge in [0.15, 0.2) is 0 Å². The van der Waals surface area contributed by atoms with E-state index in [2.05, 4.69) is 31.0 Å². The Bertz CT molecular complexity index is 798. The SMILES string of the molecule is CC(C)c1ccc(-c2nc(C(=O)N3CCC[C@H](C(=O)O)[C@@H]3C)cs2)cc1. The molecule has 1 fully saturated rings. The molecule has 2 aromatic rings. The summed E-state index contributed by atoms with van der Waals surface area (Å²) in [5, 5.41) is 11.9. The number of likely N-dealkylation sites (tertiary alicyclic amines) is 1. The molecule has 1 N–H and O–H groups in total. The van der Waals surface area contributed by atoms with E-state index in [1.165, 1.54) is 16.9 Å². The smallest absolute Gasteiger partial charge is 0.308 e. The molecule has 138 valence electrons. The van der Waals surface area contributed by atoms with E-state index in [1.54, 1.807) is 10.3 Å². The minimum atomic E-state index is -0.834. The summed E-state index contributed by atoms with van der Waals surface area (Å²) in [5.74, 6) is -1.04. The Morgan fingerprint density at radius 1 is 1.27 bits per heavy atom. The fourth-order valence-electron chi connectivity index (χ4n) is 3.42. The zero-order valence-electron chi connectivity index (χ0n) is 15.3. The van der Waals surface area contributed by atoms with Crippen molar-refractivity contribution in [1.82, 2.24) is 9.88 Å². The first-order valence-electron chi connectivity index (χ1n) is 8.98. The molecule has 2 atom stereocenters. The Balaban J connectivity index is 1.78. The van der Waals surface area contributed by atoms with Gasteiger partial charge in [0.05, 0.1) is 5.92 Å². The maximum Gasteiger partial charge on any atom is 0.308 e. The van der Waals surface area contributed by atoms with Crippen LogP contribution in [0.15, 0.2) is 29.6 Å². The molecule has 3 rings (SSSR count). The number of carboxylic acids is 1. The third-order valence-electron chi connectivity index (χ3n) is 5.11. The number of benzene rings is 1. The Morgan fingerprint density at radius 3 is 2.58 bits per heavy atom. The van der Waals surface area contributed by atoms with Gasteiger partial charge in [-0.1, -0.05) is 38.1 Å². The van der Waals surface area contributed by atoms with Crippen molar-refractivity contribution in [2.75, 3.05) is 6.54 Å². The summed E-state index contributed by atoms with van der Waals surface area (Å²) in [7, 11) is 0. The van der Waals surface area contributed by atoms with Gasteiger partial charge in [-0.3, -0.25) is 9.59 Å². The largest absolute Gasteiger partial charge is 0.481 e. The lowest BCUT2D eigenvalue weighted by Gasteiger charge is -2.37. The molecule has 0 unspecified atom stereocenters. The van der Waals surface area contributed by atoms with Gasteiger partial charge in [0.1, 0.15) is 10.7 Å². The molecule has 2 heterocycles. The molecule has 1 aromatic carbocycles. The standard InChI is InChI=1S/C20H24N2O3S/c1-12(2)14-6-8-15(9-7-14)18-21-17(11-26-18)19(23)22-10-4-5-16(13(22)3)20(24)25/h6-9,11-13,16H,4-5,10H2,1-3H3,(H,24,25)/t13-,16-/m0/s1. The number of carbonyl (C=O) groups excluding carboxylic acids is 1. The van der Waals surface area contributed by atoms with Gasteiger partial charge in [0, 0.05) is 23.5 Å². The van der Waals surface area contributed by atoms with E-state index in [-0.39, 0.29) is 11.9 Å². The van der Waals surface area contributed by atoms with E-state index in [0.717, 1.165) is 10.6 Å². The molecule has 1 aliphatic rings. The Morgan fingerprint density at radius 2 is 1.96 bits per heavy atom. The van der Waals surface area contributed by atoms with Crippen LogP contribution >= 0.6 is 11.3 Å². The Labute approximate surface area is 157 Å². The lowest BCUT2D eigenvalue weighted by molar-refractivity contribution is -0.144. The molecule has 5 nitrogen and oxygen atoms in total. The summed E-state index contributed by atoms with van der Waals surface area (Å²) >= 11 is 1.44. The number of hydrogen-bond acceptors (Lipinski definition) is 4.